The minimum absolute atomic E-state index is 0.0980. The van der Waals surface area contributed by atoms with Crippen LogP contribution in [-0.4, -0.2) is 37.6 Å². The summed E-state index contributed by atoms with van der Waals surface area (Å²) < 4.78 is 24.6. The molecule has 0 aromatic heterocycles. The topological polar surface area (TPSA) is 36.9 Å². The molecular weight excluding hydrogens is 388 g/mol. The predicted octanol–water partition coefficient (Wildman–Crippen LogP) is 5.95. The second kappa shape index (κ2) is 10.1. The molecule has 0 amide bonds. The maximum absolute atomic E-state index is 6.30. The number of benzene rings is 2. The number of hydrogen-bond acceptors (Lipinski definition) is 4. The lowest BCUT2D eigenvalue weighted by molar-refractivity contribution is -0.118. The highest BCUT2D eigenvalue weighted by Gasteiger charge is 2.39. The van der Waals surface area contributed by atoms with Gasteiger partial charge in [0, 0.05) is 19.6 Å². The van der Waals surface area contributed by atoms with Crippen LogP contribution in [-0.2, 0) is 15.9 Å². The molecule has 2 aromatic rings. The Hall–Kier alpha value is -2.04. The molecule has 0 saturated heterocycles. The van der Waals surface area contributed by atoms with Gasteiger partial charge in [-0.15, -0.1) is 0 Å². The Morgan fingerprint density at radius 1 is 0.645 bits per heavy atom. The van der Waals surface area contributed by atoms with Gasteiger partial charge in [0.05, 0.1) is 0 Å². The van der Waals surface area contributed by atoms with Crippen LogP contribution in [0.15, 0.2) is 48.5 Å². The predicted molar refractivity (Wildman–Crippen MR) is 123 cm³/mol. The van der Waals surface area contributed by atoms with E-state index in [2.05, 4.69) is 50.2 Å². The molecule has 168 valence electrons. The lowest BCUT2D eigenvalue weighted by atomic mass is 9.80. The van der Waals surface area contributed by atoms with Crippen LogP contribution in [0.4, 0.5) is 0 Å². The Kier molecular flexibility index (Phi) is 7.19. The van der Waals surface area contributed by atoms with Gasteiger partial charge in [-0.1, -0.05) is 36.4 Å². The number of para-hydroxylation sites is 2. The minimum atomic E-state index is -0.0980. The molecule has 2 saturated carbocycles. The van der Waals surface area contributed by atoms with Gasteiger partial charge in [-0.05, 0) is 75.6 Å². The van der Waals surface area contributed by atoms with E-state index in [0.717, 1.165) is 56.8 Å². The summed E-state index contributed by atoms with van der Waals surface area (Å²) in [6.45, 7) is 6.83. The molecule has 31 heavy (non-hydrogen) atoms. The van der Waals surface area contributed by atoms with Crippen molar-refractivity contribution in [2.75, 3.05) is 26.4 Å². The van der Waals surface area contributed by atoms with Crippen molar-refractivity contribution >= 4 is 0 Å². The molecule has 0 heterocycles. The zero-order valence-electron chi connectivity index (χ0n) is 19.0. The van der Waals surface area contributed by atoms with Crippen LogP contribution in [0.25, 0.3) is 0 Å². The van der Waals surface area contributed by atoms with Gasteiger partial charge >= 0.3 is 0 Å². The fraction of sp³-hybridized carbons (Fsp3) is 0.556. The van der Waals surface area contributed by atoms with Gasteiger partial charge in [-0.25, -0.2) is 0 Å². The van der Waals surface area contributed by atoms with Gasteiger partial charge in [0.25, 0.3) is 0 Å². The number of rotatable bonds is 12. The Labute approximate surface area is 186 Å². The van der Waals surface area contributed by atoms with Gasteiger partial charge in [0.15, 0.2) is 0 Å². The molecule has 2 aliphatic rings. The van der Waals surface area contributed by atoms with Crippen LogP contribution < -0.4 is 9.47 Å². The Bertz CT molecular complexity index is 769. The van der Waals surface area contributed by atoms with Gasteiger partial charge in [0.2, 0.25) is 0 Å². The molecule has 2 aromatic carbocycles. The molecule has 4 heteroatoms. The fourth-order valence-corrected chi connectivity index (χ4v) is 4.62. The first-order valence-electron chi connectivity index (χ1n) is 11.9. The maximum atomic E-state index is 6.30. The maximum Gasteiger partial charge on any atom is 0.122 e. The molecule has 4 rings (SSSR count). The van der Waals surface area contributed by atoms with Gasteiger partial charge < -0.3 is 18.9 Å². The van der Waals surface area contributed by atoms with Crippen LogP contribution in [0.5, 0.6) is 11.5 Å². The largest absolute Gasteiger partial charge is 0.490 e. The molecule has 2 fully saturated rings. The first-order valence-corrected chi connectivity index (χ1v) is 11.9. The molecule has 0 N–H and O–H groups in total. The van der Waals surface area contributed by atoms with E-state index < -0.39 is 0 Å². The highest BCUT2D eigenvalue weighted by Crippen LogP contribution is 2.38. The van der Waals surface area contributed by atoms with Gasteiger partial charge in [-0.3, -0.25) is 0 Å². The van der Waals surface area contributed by atoms with Crippen LogP contribution in [0.1, 0.15) is 63.5 Å². The summed E-state index contributed by atoms with van der Waals surface area (Å²) >= 11 is 0. The summed E-state index contributed by atoms with van der Waals surface area (Å²) in [4.78, 5) is 0. The molecule has 0 bridgehead atoms. The van der Waals surface area contributed by atoms with Gasteiger partial charge in [0.1, 0.15) is 35.9 Å². The highest BCUT2D eigenvalue weighted by atomic mass is 16.5. The Morgan fingerprint density at radius 2 is 1.06 bits per heavy atom. The van der Waals surface area contributed by atoms with Crippen molar-refractivity contribution in [2.45, 2.75) is 70.0 Å². The van der Waals surface area contributed by atoms with E-state index in [9.17, 15) is 0 Å². The average molecular weight is 425 g/mol. The monoisotopic (exact) mass is 424 g/mol. The fourth-order valence-electron chi connectivity index (χ4n) is 4.62. The van der Waals surface area contributed by atoms with Crippen molar-refractivity contribution in [1.29, 1.82) is 0 Å². The zero-order valence-corrected chi connectivity index (χ0v) is 19.0. The minimum Gasteiger partial charge on any atom is -0.490 e. The third-order valence-electron chi connectivity index (χ3n) is 6.74. The number of ether oxygens (including phenoxy) is 4. The van der Waals surface area contributed by atoms with E-state index in [-0.39, 0.29) is 11.2 Å². The molecule has 0 atom stereocenters. The number of hydrogen-bond donors (Lipinski definition) is 0. The van der Waals surface area contributed by atoms with Crippen molar-refractivity contribution in [3.63, 3.8) is 0 Å². The third-order valence-corrected chi connectivity index (χ3v) is 6.74. The normalized spacial score (nSPS) is 18.6. The second-order valence-electron chi connectivity index (χ2n) is 8.91. The van der Waals surface area contributed by atoms with E-state index in [4.69, 9.17) is 18.9 Å². The lowest BCUT2D eigenvalue weighted by Crippen LogP contribution is -2.45. The third kappa shape index (κ3) is 5.24. The lowest BCUT2D eigenvalue weighted by Gasteiger charge is -2.41. The van der Waals surface area contributed by atoms with E-state index in [1.807, 2.05) is 12.1 Å². The Morgan fingerprint density at radius 3 is 1.42 bits per heavy atom. The molecular formula is C27H36O4. The van der Waals surface area contributed by atoms with Crippen molar-refractivity contribution in [3.05, 3.63) is 59.7 Å². The summed E-state index contributed by atoms with van der Waals surface area (Å²) in [5, 5.41) is 0. The molecule has 0 unspecified atom stereocenters. The average Bonchev–Trinajstić information content (AvgIpc) is 2.73. The quantitative estimate of drug-likeness (QED) is 0.422. The van der Waals surface area contributed by atoms with Crippen LogP contribution >= 0.6 is 0 Å². The van der Waals surface area contributed by atoms with Crippen molar-refractivity contribution in [1.82, 2.24) is 0 Å². The summed E-state index contributed by atoms with van der Waals surface area (Å²) in [6.07, 6.45) is 7.55. The highest BCUT2D eigenvalue weighted by molar-refractivity contribution is 5.42. The zero-order chi connectivity index (χ0) is 21.6. The molecule has 2 aliphatic carbocycles. The van der Waals surface area contributed by atoms with Crippen LogP contribution in [0.3, 0.4) is 0 Å². The standard InChI is InChI=1S/C27H36O4/c1-3-30-26(15-9-16-26)20-28-24-13-7-5-11-22(24)19-23-12-6-8-14-25(23)29-21-27(31-4-2)17-10-18-27/h5-8,11-14H,3-4,9-10,15-21H2,1-2H3. The first kappa shape index (κ1) is 22.2. The molecule has 0 radical (unpaired) electrons. The second-order valence-corrected chi connectivity index (χ2v) is 8.91. The molecule has 0 spiro atoms. The molecule has 4 nitrogen and oxygen atoms in total. The van der Waals surface area contributed by atoms with Gasteiger partial charge in [-0.2, -0.15) is 0 Å². The van der Waals surface area contributed by atoms with Crippen molar-refractivity contribution in [3.8, 4) is 11.5 Å². The van der Waals surface area contributed by atoms with Crippen LogP contribution in [0.2, 0.25) is 0 Å². The van der Waals surface area contributed by atoms with Crippen LogP contribution in [0, 0.1) is 0 Å². The smallest absolute Gasteiger partial charge is 0.122 e. The van der Waals surface area contributed by atoms with Crippen molar-refractivity contribution in [2.24, 2.45) is 0 Å². The molecule has 0 aliphatic heterocycles. The summed E-state index contributed by atoms with van der Waals surface area (Å²) in [5.74, 6) is 1.88. The van der Waals surface area contributed by atoms with E-state index in [1.165, 1.54) is 24.0 Å². The van der Waals surface area contributed by atoms with E-state index in [1.54, 1.807) is 0 Å². The first-order chi connectivity index (χ1) is 15.2. The Balaban J connectivity index is 1.44. The summed E-state index contributed by atoms with van der Waals surface area (Å²) in [5.41, 5.74) is 2.15. The van der Waals surface area contributed by atoms with E-state index >= 15 is 0 Å². The van der Waals surface area contributed by atoms with Crippen molar-refractivity contribution < 1.29 is 18.9 Å². The SMILES string of the molecule is CCOC1(COc2ccccc2Cc2ccccc2OCC2(OCC)CCC2)CCC1. The summed E-state index contributed by atoms with van der Waals surface area (Å²) in [6, 6.07) is 16.7. The van der Waals surface area contributed by atoms with E-state index in [0.29, 0.717) is 13.2 Å². The summed E-state index contributed by atoms with van der Waals surface area (Å²) in [7, 11) is 0.